The molecule has 0 aliphatic carbocycles. The third-order valence-corrected chi connectivity index (χ3v) is 5.00. The normalized spacial score (nSPS) is 11.1. The van der Waals surface area contributed by atoms with Crippen molar-refractivity contribution in [2.24, 2.45) is 0 Å². The number of rotatable bonds is 6. The molecule has 0 unspecified atom stereocenters. The van der Waals surface area contributed by atoms with Crippen LogP contribution in [0.5, 0.6) is 0 Å². The van der Waals surface area contributed by atoms with Crippen LogP contribution in [0.15, 0.2) is 59.9 Å². The van der Waals surface area contributed by atoms with E-state index in [9.17, 15) is 10.1 Å². The molecule has 0 amide bonds. The SMILES string of the molecule is O=[N+]([O-])c1ccc2c(CSc3nnnn3Cc3ccccc3)c[nH]c2c1. The van der Waals surface area contributed by atoms with Crippen molar-refractivity contribution in [2.75, 3.05) is 0 Å². The minimum atomic E-state index is -0.396. The molecule has 2 heterocycles. The average Bonchev–Trinajstić information content (AvgIpc) is 3.27. The number of thioether (sulfide) groups is 1. The zero-order valence-corrected chi connectivity index (χ0v) is 14.4. The number of benzene rings is 2. The fraction of sp³-hybridized carbons (Fsp3) is 0.118. The monoisotopic (exact) mass is 366 g/mol. The van der Waals surface area contributed by atoms with Crippen molar-refractivity contribution in [3.05, 3.63) is 76.0 Å². The molecule has 9 heteroatoms. The molecule has 0 saturated heterocycles. The predicted molar refractivity (Wildman–Crippen MR) is 97.9 cm³/mol. The van der Waals surface area contributed by atoms with Crippen molar-refractivity contribution in [1.29, 1.82) is 0 Å². The molecular formula is C17H14N6O2S. The van der Waals surface area contributed by atoms with Crippen molar-refractivity contribution in [3.8, 4) is 0 Å². The lowest BCUT2D eigenvalue weighted by Gasteiger charge is -2.04. The Morgan fingerprint density at radius 2 is 2.04 bits per heavy atom. The summed E-state index contributed by atoms with van der Waals surface area (Å²) in [5.74, 6) is 0.660. The number of nitro groups is 1. The summed E-state index contributed by atoms with van der Waals surface area (Å²) in [6.45, 7) is 0.607. The number of non-ortho nitro benzene ring substituents is 1. The van der Waals surface area contributed by atoms with Crippen LogP contribution >= 0.6 is 11.8 Å². The van der Waals surface area contributed by atoms with Crippen molar-refractivity contribution in [2.45, 2.75) is 17.5 Å². The van der Waals surface area contributed by atoms with Gasteiger partial charge in [-0.1, -0.05) is 42.1 Å². The molecule has 26 heavy (non-hydrogen) atoms. The number of H-pyrrole nitrogens is 1. The van der Waals surface area contributed by atoms with Gasteiger partial charge in [-0.3, -0.25) is 10.1 Å². The molecule has 2 aromatic heterocycles. The van der Waals surface area contributed by atoms with Gasteiger partial charge in [-0.05, 0) is 27.6 Å². The van der Waals surface area contributed by atoms with E-state index in [-0.39, 0.29) is 5.69 Å². The number of nitrogens with zero attached hydrogens (tertiary/aromatic N) is 5. The van der Waals surface area contributed by atoms with Crippen LogP contribution in [0, 0.1) is 10.1 Å². The number of hydrogen-bond donors (Lipinski definition) is 1. The second kappa shape index (κ2) is 6.96. The Morgan fingerprint density at radius 1 is 1.19 bits per heavy atom. The lowest BCUT2D eigenvalue weighted by Crippen LogP contribution is -2.03. The maximum atomic E-state index is 10.9. The van der Waals surface area contributed by atoms with Crippen molar-refractivity contribution >= 4 is 28.4 Å². The van der Waals surface area contributed by atoms with E-state index in [0.29, 0.717) is 12.3 Å². The minimum Gasteiger partial charge on any atom is -0.361 e. The van der Waals surface area contributed by atoms with Crippen LogP contribution < -0.4 is 0 Å². The number of aromatic nitrogens is 5. The van der Waals surface area contributed by atoms with Gasteiger partial charge in [-0.2, -0.15) is 0 Å². The fourth-order valence-electron chi connectivity index (χ4n) is 2.70. The fourth-order valence-corrected chi connectivity index (χ4v) is 3.57. The van der Waals surface area contributed by atoms with E-state index in [4.69, 9.17) is 0 Å². The topological polar surface area (TPSA) is 103 Å². The number of tetrazole rings is 1. The summed E-state index contributed by atoms with van der Waals surface area (Å²) in [6.07, 6.45) is 1.87. The Bertz CT molecular complexity index is 1060. The highest BCUT2D eigenvalue weighted by molar-refractivity contribution is 7.98. The lowest BCUT2D eigenvalue weighted by molar-refractivity contribution is -0.384. The molecule has 0 atom stereocenters. The average molecular weight is 366 g/mol. The van der Waals surface area contributed by atoms with E-state index >= 15 is 0 Å². The number of fused-ring (bicyclic) bond motifs is 1. The van der Waals surface area contributed by atoms with E-state index in [1.54, 1.807) is 16.8 Å². The molecule has 0 spiro atoms. The molecule has 0 aliphatic rings. The molecular weight excluding hydrogens is 352 g/mol. The Kier molecular flexibility index (Phi) is 4.36. The summed E-state index contributed by atoms with van der Waals surface area (Å²) >= 11 is 1.53. The van der Waals surface area contributed by atoms with Crippen LogP contribution in [0.25, 0.3) is 10.9 Å². The number of aromatic amines is 1. The zero-order valence-electron chi connectivity index (χ0n) is 13.6. The largest absolute Gasteiger partial charge is 0.361 e. The summed E-state index contributed by atoms with van der Waals surface area (Å²) in [7, 11) is 0. The van der Waals surface area contributed by atoms with Gasteiger partial charge in [-0.15, -0.1) is 5.10 Å². The van der Waals surface area contributed by atoms with Gasteiger partial charge in [0.2, 0.25) is 5.16 Å². The number of hydrogen-bond acceptors (Lipinski definition) is 6. The molecule has 1 N–H and O–H groups in total. The van der Waals surface area contributed by atoms with Crippen LogP contribution in [0.4, 0.5) is 5.69 Å². The van der Waals surface area contributed by atoms with Crippen LogP contribution in [-0.4, -0.2) is 30.1 Å². The van der Waals surface area contributed by atoms with Crippen LogP contribution in [0.3, 0.4) is 0 Å². The summed E-state index contributed by atoms with van der Waals surface area (Å²) in [5, 5.41) is 24.5. The number of nitrogens with one attached hydrogen (secondary N) is 1. The highest BCUT2D eigenvalue weighted by Crippen LogP contribution is 2.28. The van der Waals surface area contributed by atoms with Gasteiger partial charge in [0.25, 0.3) is 5.69 Å². The first-order valence-corrected chi connectivity index (χ1v) is 8.86. The summed E-state index contributed by atoms with van der Waals surface area (Å²) < 4.78 is 1.76. The molecule has 0 bridgehead atoms. The molecule has 0 radical (unpaired) electrons. The van der Waals surface area contributed by atoms with E-state index in [2.05, 4.69) is 20.5 Å². The van der Waals surface area contributed by atoms with E-state index in [1.165, 1.54) is 17.8 Å². The van der Waals surface area contributed by atoms with Gasteiger partial charge in [0.05, 0.1) is 17.0 Å². The maximum Gasteiger partial charge on any atom is 0.271 e. The molecule has 8 nitrogen and oxygen atoms in total. The first kappa shape index (κ1) is 16.3. The lowest BCUT2D eigenvalue weighted by atomic mass is 10.2. The molecule has 4 rings (SSSR count). The summed E-state index contributed by atoms with van der Waals surface area (Å²) in [5.41, 5.74) is 3.00. The molecule has 0 aliphatic heterocycles. The summed E-state index contributed by atoms with van der Waals surface area (Å²) in [4.78, 5) is 13.6. The van der Waals surface area contributed by atoms with E-state index < -0.39 is 4.92 Å². The van der Waals surface area contributed by atoms with E-state index in [1.807, 2.05) is 36.5 Å². The van der Waals surface area contributed by atoms with Crippen molar-refractivity contribution in [3.63, 3.8) is 0 Å². The molecule has 0 fully saturated rings. The number of nitro benzene ring substituents is 1. The molecule has 0 saturated carbocycles. The zero-order chi connectivity index (χ0) is 17.9. The smallest absolute Gasteiger partial charge is 0.271 e. The molecule has 130 valence electrons. The van der Waals surface area contributed by atoms with Gasteiger partial charge in [0, 0.05) is 29.5 Å². The summed E-state index contributed by atoms with van der Waals surface area (Å²) in [6, 6.07) is 14.8. The first-order valence-electron chi connectivity index (χ1n) is 7.88. The van der Waals surface area contributed by atoms with Gasteiger partial charge < -0.3 is 4.98 Å². The highest BCUT2D eigenvalue weighted by atomic mass is 32.2. The van der Waals surface area contributed by atoms with E-state index in [0.717, 1.165) is 27.2 Å². The quantitative estimate of drug-likeness (QED) is 0.319. The van der Waals surface area contributed by atoms with Gasteiger partial charge in [0.1, 0.15) is 0 Å². The standard InChI is InChI=1S/C17H14N6O2S/c24-23(25)14-6-7-15-13(9-18-16(15)8-14)11-26-17-19-20-21-22(17)10-12-4-2-1-3-5-12/h1-9,18H,10-11H2. The highest BCUT2D eigenvalue weighted by Gasteiger charge is 2.12. The Balaban J connectivity index is 1.51. The maximum absolute atomic E-state index is 10.9. The second-order valence-corrected chi connectivity index (χ2v) is 6.64. The van der Waals surface area contributed by atoms with Crippen LogP contribution in [0.1, 0.15) is 11.1 Å². The predicted octanol–water partition coefficient (Wildman–Crippen LogP) is 3.40. The second-order valence-electron chi connectivity index (χ2n) is 5.69. The first-order chi connectivity index (χ1) is 12.7. The van der Waals surface area contributed by atoms with Gasteiger partial charge >= 0.3 is 0 Å². The molecule has 2 aromatic carbocycles. The third kappa shape index (κ3) is 3.29. The van der Waals surface area contributed by atoms with Gasteiger partial charge in [-0.25, -0.2) is 4.68 Å². The van der Waals surface area contributed by atoms with Crippen LogP contribution in [0.2, 0.25) is 0 Å². The Labute approximate surface area is 152 Å². The van der Waals surface area contributed by atoms with Crippen molar-refractivity contribution in [1.82, 2.24) is 25.2 Å². The molecule has 4 aromatic rings. The third-order valence-electron chi connectivity index (χ3n) is 3.99. The Morgan fingerprint density at radius 3 is 2.85 bits per heavy atom. The Hall–Kier alpha value is -3.20. The van der Waals surface area contributed by atoms with Gasteiger partial charge in [0.15, 0.2) is 0 Å². The minimum absolute atomic E-state index is 0.0744. The van der Waals surface area contributed by atoms with Crippen LogP contribution in [-0.2, 0) is 12.3 Å². The van der Waals surface area contributed by atoms with Crippen molar-refractivity contribution < 1.29 is 4.92 Å².